The zero-order chi connectivity index (χ0) is 22.6. The highest BCUT2D eigenvalue weighted by atomic mass is 16.5. The molecule has 4 atom stereocenters. The van der Waals surface area contributed by atoms with Crippen molar-refractivity contribution in [1.29, 1.82) is 0 Å². The predicted molar refractivity (Wildman–Crippen MR) is 117 cm³/mol. The van der Waals surface area contributed by atoms with Crippen LogP contribution in [0.2, 0.25) is 0 Å². The number of carbonyl (C=O) groups is 3. The van der Waals surface area contributed by atoms with Gasteiger partial charge < -0.3 is 15.4 Å². The summed E-state index contributed by atoms with van der Waals surface area (Å²) in [7, 11) is 1.34. The van der Waals surface area contributed by atoms with E-state index >= 15 is 0 Å². The van der Waals surface area contributed by atoms with Crippen LogP contribution in [0.5, 0.6) is 0 Å². The standard InChI is InChI=1S/C23H39N3O5/c1-3-4-9-14-24-21(27)15-22(28)25-16-18-17(19-12-13-20(18)31-19)10-7-5-6-8-11-23(29)26(2)30/h5,7,17-20,30H,3-4,6,8-16H2,1-2H3,(H,24,27)(H,25,28)/t17-,18+,19-,20+/m1/s1. The van der Waals surface area contributed by atoms with E-state index in [4.69, 9.17) is 9.94 Å². The van der Waals surface area contributed by atoms with Crippen molar-refractivity contribution < 1.29 is 24.3 Å². The lowest BCUT2D eigenvalue weighted by atomic mass is 9.77. The van der Waals surface area contributed by atoms with Gasteiger partial charge in [0.1, 0.15) is 6.42 Å². The van der Waals surface area contributed by atoms with Crippen LogP contribution in [0.15, 0.2) is 12.2 Å². The maximum Gasteiger partial charge on any atom is 0.245 e. The highest BCUT2D eigenvalue weighted by Gasteiger charge is 2.47. The van der Waals surface area contributed by atoms with Crippen molar-refractivity contribution in [3.8, 4) is 0 Å². The van der Waals surface area contributed by atoms with Crippen LogP contribution in [0.3, 0.4) is 0 Å². The highest BCUT2D eigenvalue weighted by Crippen LogP contribution is 2.44. The summed E-state index contributed by atoms with van der Waals surface area (Å²) >= 11 is 0. The minimum absolute atomic E-state index is 0.125. The van der Waals surface area contributed by atoms with Crippen LogP contribution in [0, 0.1) is 11.8 Å². The maximum absolute atomic E-state index is 12.2. The third kappa shape index (κ3) is 8.61. The molecule has 0 unspecified atom stereocenters. The first-order valence-corrected chi connectivity index (χ1v) is 11.7. The highest BCUT2D eigenvalue weighted by molar-refractivity contribution is 5.96. The topological polar surface area (TPSA) is 108 Å². The Morgan fingerprint density at radius 3 is 2.45 bits per heavy atom. The van der Waals surface area contributed by atoms with Crippen molar-refractivity contribution in [2.75, 3.05) is 20.1 Å². The van der Waals surface area contributed by atoms with Crippen LogP contribution in [0.1, 0.15) is 71.1 Å². The van der Waals surface area contributed by atoms with Crippen LogP contribution in [-0.2, 0) is 19.1 Å². The molecule has 176 valence electrons. The first-order chi connectivity index (χ1) is 14.9. The summed E-state index contributed by atoms with van der Waals surface area (Å²) in [6, 6.07) is 0. The molecule has 0 aromatic heterocycles. The molecule has 0 spiro atoms. The molecule has 3 N–H and O–H groups in total. The molecule has 8 nitrogen and oxygen atoms in total. The lowest BCUT2D eigenvalue weighted by molar-refractivity contribution is -0.159. The Morgan fingerprint density at radius 1 is 1.03 bits per heavy atom. The Bertz CT molecular complexity index is 622. The van der Waals surface area contributed by atoms with E-state index < -0.39 is 0 Å². The quantitative estimate of drug-likeness (QED) is 0.127. The molecule has 31 heavy (non-hydrogen) atoms. The normalized spacial score (nSPS) is 24.5. The largest absolute Gasteiger partial charge is 0.374 e. The van der Waals surface area contributed by atoms with Gasteiger partial charge >= 0.3 is 0 Å². The summed E-state index contributed by atoms with van der Waals surface area (Å²) in [6.45, 7) is 3.27. The second-order valence-electron chi connectivity index (χ2n) is 8.67. The second kappa shape index (κ2) is 13.5. The van der Waals surface area contributed by atoms with Gasteiger partial charge in [0.2, 0.25) is 17.7 Å². The fourth-order valence-electron chi connectivity index (χ4n) is 4.49. The molecule has 0 saturated carbocycles. The number of nitrogens with zero attached hydrogens (tertiary/aromatic N) is 1. The Morgan fingerprint density at radius 2 is 1.74 bits per heavy atom. The second-order valence-corrected chi connectivity index (χ2v) is 8.67. The van der Waals surface area contributed by atoms with Crippen LogP contribution in [0.4, 0.5) is 0 Å². The molecule has 8 heteroatoms. The summed E-state index contributed by atoms with van der Waals surface area (Å²) in [6.07, 6.45) is 12.4. The van der Waals surface area contributed by atoms with Crippen LogP contribution in [0.25, 0.3) is 0 Å². The van der Waals surface area contributed by atoms with Gasteiger partial charge in [-0.05, 0) is 44.4 Å². The maximum atomic E-state index is 12.2. The third-order valence-electron chi connectivity index (χ3n) is 6.25. The van der Waals surface area contributed by atoms with Gasteiger partial charge in [-0.3, -0.25) is 19.6 Å². The zero-order valence-electron chi connectivity index (χ0n) is 19.0. The molecule has 3 amide bonds. The van der Waals surface area contributed by atoms with E-state index in [1.807, 2.05) is 0 Å². The molecule has 2 bridgehead atoms. The zero-order valence-corrected chi connectivity index (χ0v) is 19.0. The summed E-state index contributed by atoms with van der Waals surface area (Å²) in [5.74, 6) is -0.0972. The molecular formula is C23H39N3O5. The van der Waals surface area contributed by atoms with Gasteiger partial charge in [0.15, 0.2) is 0 Å². The van der Waals surface area contributed by atoms with Crippen LogP contribution >= 0.6 is 0 Å². The summed E-state index contributed by atoms with van der Waals surface area (Å²) in [5.41, 5.74) is 0. The number of hydroxylamine groups is 2. The van der Waals surface area contributed by atoms with E-state index in [0.29, 0.717) is 36.9 Å². The van der Waals surface area contributed by atoms with Crippen molar-refractivity contribution in [3.63, 3.8) is 0 Å². The third-order valence-corrected chi connectivity index (χ3v) is 6.25. The van der Waals surface area contributed by atoms with Gasteiger partial charge in [-0.1, -0.05) is 31.9 Å². The minimum Gasteiger partial charge on any atom is -0.374 e. The van der Waals surface area contributed by atoms with Crippen molar-refractivity contribution in [3.05, 3.63) is 12.2 Å². The summed E-state index contributed by atoms with van der Waals surface area (Å²) < 4.78 is 6.08. The Labute approximate surface area is 185 Å². The predicted octanol–water partition coefficient (Wildman–Crippen LogP) is 2.56. The van der Waals surface area contributed by atoms with Gasteiger partial charge in [-0.15, -0.1) is 0 Å². The first kappa shape index (κ1) is 25.3. The van der Waals surface area contributed by atoms with E-state index in [9.17, 15) is 14.4 Å². The van der Waals surface area contributed by atoms with Gasteiger partial charge in [0, 0.05) is 32.5 Å². The summed E-state index contributed by atoms with van der Waals surface area (Å²) in [5, 5.41) is 15.4. The summed E-state index contributed by atoms with van der Waals surface area (Å²) in [4.78, 5) is 35.4. The van der Waals surface area contributed by atoms with E-state index in [1.54, 1.807) is 0 Å². The fourth-order valence-corrected chi connectivity index (χ4v) is 4.49. The molecule has 0 radical (unpaired) electrons. The lowest BCUT2D eigenvalue weighted by Gasteiger charge is -2.27. The molecule has 0 aromatic carbocycles. The average Bonchev–Trinajstić information content (AvgIpc) is 3.33. The van der Waals surface area contributed by atoms with Gasteiger partial charge in [-0.25, -0.2) is 5.06 Å². The lowest BCUT2D eigenvalue weighted by Crippen LogP contribution is -2.39. The van der Waals surface area contributed by atoms with Crippen molar-refractivity contribution in [1.82, 2.24) is 15.7 Å². The van der Waals surface area contributed by atoms with Gasteiger partial charge in [0.25, 0.3) is 0 Å². The molecule has 2 aliphatic heterocycles. The molecule has 0 aromatic rings. The van der Waals surface area contributed by atoms with E-state index in [-0.39, 0.29) is 42.3 Å². The molecule has 2 heterocycles. The number of fused-ring (bicyclic) bond motifs is 2. The van der Waals surface area contributed by atoms with Gasteiger partial charge in [0.05, 0.1) is 12.2 Å². The number of hydrogen-bond donors (Lipinski definition) is 3. The number of hydrogen-bond acceptors (Lipinski definition) is 5. The number of unbranched alkanes of at least 4 members (excludes halogenated alkanes) is 3. The Hall–Kier alpha value is -1.93. The van der Waals surface area contributed by atoms with Crippen molar-refractivity contribution in [2.24, 2.45) is 11.8 Å². The molecular weight excluding hydrogens is 398 g/mol. The number of rotatable bonds is 14. The van der Waals surface area contributed by atoms with E-state index in [2.05, 4.69) is 29.7 Å². The molecule has 2 fully saturated rings. The Kier molecular flexibility index (Phi) is 11.0. The molecule has 2 saturated heterocycles. The number of amides is 3. The van der Waals surface area contributed by atoms with Crippen LogP contribution < -0.4 is 10.6 Å². The molecule has 2 aliphatic rings. The average molecular weight is 438 g/mol. The van der Waals surface area contributed by atoms with E-state index in [0.717, 1.165) is 44.9 Å². The monoisotopic (exact) mass is 437 g/mol. The number of ether oxygens (including phenoxy) is 1. The smallest absolute Gasteiger partial charge is 0.245 e. The molecule has 0 aliphatic carbocycles. The van der Waals surface area contributed by atoms with Crippen molar-refractivity contribution >= 4 is 17.7 Å². The number of carbonyl (C=O) groups excluding carboxylic acids is 3. The number of nitrogens with one attached hydrogen (secondary N) is 2. The SMILES string of the molecule is CCCCCNC(=O)CC(=O)NC[C@H]1[C@@H](CC=CCCCC(=O)N(C)O)[C@H]2CC[C@@H]1O2. The first-order valence-electron chi connectivity index (χ1n) is 11.7. The number of allylic oxidation sites excluding steroid dienone is 2. The van der Waals surface area contributed by atoms with Crippen LogP contribution in [-0.4, -0.2) is 60.3 Å². The minimum atomic E-state index is -0.277. The van der Waals surface area contributed by atoms with E-state index in [1.165, 1.54) is 7.05 Å². The molecule has 2 rings (SSSR count). The van der Waals surface area contributed by atoms with Gasteiger partial charge in [-0.2, -0.15) is 0 Å². The Balaban J connectivity index is 1.68. The fraction of sp³-hybridized carbons (Fsp3) is 0.783. The van der Waals surface area contributed by atoms with Crippen molar-refractivity contribution in [2.45, 2.75) is 83.3 Å².